The fraction of sp³-hybridized carbons (Fsp3) is 0.333. The Morgan fingerprint density at radius 3 is 2.94 bits per heavy atom. The van der Waals surface area contributed by atoms with E-state index < -0.39 is 0 Å². The van der Waals surface area contributed by atoms with Crippen molar-refractivity contribution in [3.05, 3.63) is 24.3 Å². The van der Waals surface area contributed by atoms with Gasteiger partial charge >= 0.3 is 0 Å². The van der Waals surface area contributed by atoms with E-state index in [1.165, 1.54) is 0 Å². The van der Waals surface area contributed by atoms with Crippen LogP contribution in [0.1, 0.15) is 6.92 Å². The second kappa shape index (κ2) is 7.21. The van der Waals surface area contributed by atoms with Crippen molar-refractivity contribution in [1.29, 1.82) is 5.26 Å². The number of nitrogens with one attached hydrogen (secondary N) is 1. The molecule has 1 aromatic rings. The van der Waals surface area contributed by atoms with Crippen LogP contribution in [0.4, 0.5) is 5.69 Å². The van der Waals surface area contributed by atoms with Crippen LogP contribution in [0.2, 0.25) is 0 Å². The van der Waals surface area contributed by atoms with Gasteiger partial charge in [0.05, 0.1) is 17.7 Å². The van der Waals surface area contributed by atoms with Crippen molar-refractivity contribution in [2.75, 3.05) is 16.9 Å². The zero-order valence-electron chi connectivity index (χ0n) is 9.44. The van der Waals surface area contributed by atoms with Crippen LogP contribution in [0.3, 0.4) is 0 Å². The Morgan fingerprint density at radius 1 is 1.59 bits per heavy atom. The van der Waals surface area contributed by atoms with Gasteiger partial charge in [0.1, 0.15) is 5.88 Å². The van der Waals surface area contributed by atoms with E-state index in [-0.39, 0.29) is 17.7 Å². The Morgan fingerprint density at radius 2 is 2.29 bits per heavy atom. The average Bonchev–Trinajstić information content (AvgIpc) is 2.37. The number of carbonyl (C=O) groups is 1. The predicted molar refractivity (Wildman–Crippen MR) is 71.3 cm³/mol. The molecule has 1 N–H and O–H groups in total. The van der Waals surface area contributed by atoms with Crippen molar-refractivity contribution >= 4 is 35.0 Å². The number of rotatable bonds is 5. The van der Waals surface area contributed by atoms with Gasteiger partial charge in [0.25, 0.3) is 0 Å². The molecule has 0 radical (unpaired) electrons. The molecule has 1 unspecified atom stereocenters. The summed E-state index contributed by atoms with van der Waals surface area (Å²) in [5.74, 6) is 0.391. The number of para-hydroxylation sites is 1. The highest BCUT2D eigenvalue weighted by atomic mass is 35.5. The quantitative estimate of drug-likeness (QED) is 0.659. The third kappa shape index (κ3) is 4.68. The van der Waals surface area contributed by atoms with Crippen LogP contribution >= 0.6 is 23.4 Å². The Labute approximate surface area is 110 Å². The molecule has 0 fully saturated rings. The van der Waals surface area contributed by atoms with Gasteiger partial charge in [0.15, 0.2) is 0 Å². The molecule has 0 saturated heterocycles. The molecular formula is C12H13ClN2OS. The normalized spacial score (nSPS) is 11.6. The molecule has 0 bridgehead atoms. The second-order valence-electron chi connectivity index (χ2n) is 3.52. The monoisotopic (exact) mass is 268 g/mol. The molecule has 5 heteroatoms. The number of nitrogens with zero attached hydrogens (tertiary/aromatic N) is 1. The number of amides is 1. The first-order valence-corrected chi connectivity index (χ1v) is 6.66. The third-order valence-corrected chi connectivity index (χ3v) is 3.57. The molecule has 0 saturated carbocycles. The number of hydrogen-bond donors (Lipinski definition) is 1. The molecule has 1 rings (SSSR count). The summed E-state index contributed by atoms with van der Waals surface area (Å²) in [6.07, 6.45) is 0. The number of benzene rings is 1. The zero-order valence-corrected chi connectivity index (χ0v) is 11.0. The molecule has 3 nitrogen and oxygen atoms in total. The summed E-state index contributed by atoms with van der Waals surface area (Å²) in [6.45, 7) is 1.87. The molecule has 1 aromatic carbocycles. The fourth-order valence-electron chi connectivity index (χ4n) is 1.13. The number of nitriles is 1. The SMILES string of the molecule is CC(C#N)CSc1ccccc1NC(=O)CCl. The lowest BCUT2D eigenvalue weighted by Gasteiger charge is -2.10. The van der Waals surface area contributed by atoms with Crippen LogP contribution < -0.4 is 5.32 Å². The van der Waals surface area contributed by atoms with Crippen molar-refractivity contribution in [2.45, 2.75) is 11.8 Å². The van der Waals surface area contributed by atoms with E-state index in [4.69, 9.17) is 16.9 Å². The maximum absolute atomic E-state index is 11.2. The van der Waals surface area contributed by atoms with Crippen molar-refractivity contribution in [3.63, 3.8) is 0 Å². The van der Waals surface area contributed by atoms with Crippen LogP contribution in [0.15, 0.2) is 29.2 Å². The van der Waals surface area contributed by atoms with Crippen LogP contribution in [-0.2, 0) is 4.79 Å². The van der Waals surface area contributed by atoms with E-state index in [2.05, 4.69) is 11.4 Å². The standard InChI is InChI=1S/C12H13ClN2OS/c1-9(7-14)8-17-11-5-3-2-4-10(11)15-12(16)6-13/h2-5,9H,6,8H2,1H3,(H,15,16). The molecule has 0 heterocycles. The zero-order chi connectivity index (χ0) is 12.7. The number of anilines is 1. The summed E-state index contributed by atoms with van der Waals surface area (Å²) in [4.78, 5) is 12.2. The number of carbonyl (C=O) groups excluding carboxylic acids is 1. The van der Waals surface area contributed by atoms with Gasteiger partial charge in [-0.05, 0) is 19.1 Å². The van der Waals surface area contributed by atoms with Gasteiger partial charge in [-0.15, -0.1) is 23.4 Å². The maximum Gasteiger partial charge on any atom is 0.239 e. The lowest BCUT2D eigenvalue weighted by molar-refractivity contribution is -0.113. The summed E-state index contributed by atoms with van der Waals surface area (Å²) in [6, 6.07) is 9.66. The highest BCUT2D eigenvalue weighted by Gasteiger charge is 2.07. The molecule has 90 valence electrons. The van der Waals surface area contributed by atoms with Crippen LogP contribution in [0.25, 0.3) is 0 Å². The number of hydrogen-bond acceptors (Lipinski definition) is 3. The van der Waals surface area contributed by atoms with E-state index in [0.29, 0.717) is 5.75 Å². The van der Waals surface area contributed by atoms with Gasteiger partial charge in [-0.1, -0.05) is 12.1 Å². The fourth-order valence-corrected chi connectivity index (χ4v) is 2.15. The van der Waals surface area contributed by atoms with Gasteiger partial charge in [-0.25, -0.2) is 0 Å². The van der Waals surface area contributed by atoms with E-state index >= 15 is 0 Å². The summed E-state index contributed by atoms with van der Waals surface area (Å²) in [5.41, 5.74) is 0.744. The van der Waals surface area contributed by atoms with Gasteiger partial charge in [0.2, 0.25) is 5.91 Å². The first-order chi connectivity index (χ1) is 8.17. The van der Waals surface area contributed by atoms with Crippen LogP contribution in [0.5, 0.6) is 0 Å². The third-order valence-electron chi connectivity index (χ3n) is 1.99. The van der Waals surface area contributed by atoms with E-state index in [9.17, 15) is 4.79 Å². The first-order valence-electron chi connectivity index (χ1n) is 5.14. The highest BCUT2D eigenvalue weighted by molar-refractivity contribution is 7.99. The summed E-state index contributed by atoms with van der Waals surface area (Å²) in [5, 5.41) is 11.4. The molecular weight excluding hydrogens is 256 g/mol. The second-order valence-corrected chi connectivity index (χ2v) is 4.85. The minimum Gasteiger partial charge on any atom is -0.324 e. The van der Waals surface area contributed by atoms with E-state index in [1.807, 2.05) is 31.2 Å². The summed E-state index contributed by atoms with van der Waals surface area (Å²) < 4.78 is 0. The molecule has 0 aliphatic rings. The molecule has 0 spiro atoms. The van der Waals surface area contributed by atoms with Crippen LogP contribution in [-0.4, -0.2) is 17.5 Å². The molecule has 0 aromatic heterocycles. The lowest BCUT2D eigenvalue weighted by atomic mass is 10.3. The Bertz CT molecular complexity index is 431. The topological polar surface area (TPSA) is 52.9 Å². The van der Waals surface area contributed by atoms with Crippen molar-refractivity contribution in [1.82, 2.24) is 0 Å². The summed E-state index contributed by atoms with van der Waals surface area (Å²) >= 11 is 6.99. The van der Waals surface area contributed by atoms with Gasteiger partial charge in [-0.3, -0.25) is 4.79 Å². The van der Waals surface area contributed by atoms with E-state index in [1.54, 1.807) is 11.8 Å². The summed E-state index contributed by atoms with van der Waals surface area (Å²) in [7, 11) is 0. The van der Waals surface area contributed by atoms with Crippen molar-refractivity contribution in [2.24, 2.45) is 5.92 Å². The number of thioether (sulfide) groups is 1. The Kier molecular flexibility index (Phi) is 5.88. The van der Waals surface area contributed by atoms with Crippen molar-refractivity contribution in [3.8, 4) is 6.07 Å². The molecule has 17 heavy (non-hydrogen) atoms. The first kappa shape index (κ1) is 13.9. The molecule has 0 aliphatic carbocycles. The van der Waals surface area contributed by atoms with Crippen molar-refractivity contribution < 1.29 is 4.79 Å². The Hall–Kier alpha value is -1.18. The minimum absolute atomic E-state index is 0.0169. The Balaban J connectivity index is 2.71. The number of halogens is 1. The highest BCUT2D eigenvalue weighted by Crippen LogP contribution is 2.28. The largest absolute Gasteiger partial charge is 0.324 e. The number of alkyl halides is 1. The minimum atomic E-state index is -0.229. The molecule has 1 amide bonds. The lowest BCUT2D eigenvalue weighted by Crippen LogP contribution is -2.13. The smallest absolute Gasteiger partial charge is 0.239 e. The molecule has 0 aliphatic heterocycles. The van der Waals surface area contributed by atoms with Crippen LogP contribution in [0, 0.1) is 17.2 Å². The van der Waals surface area contributed by atoms with E-state index in [0.717, 1.165) is 10.6 Å². The van der Waals surface area contributed by atoms with Gasteiger partial charge in [0, 0.05) is 10.6 Å². The average molecular weight is 269 g/mol. The maximum atomic E-state index is 11.2. The van der Waals surface area contributed by atoms with Gasteiger partial charge < -0.3 is 5.32 Å². The van der Waals surface area contributed by atoms with Gasteiger partial charge in [-0.2, -0.15) is 5.26 Å². The molecule has 1 atom stereocenters. The predicted octanol–water partition coefficient (Wildman–Crippen LogP) is 3.12.